The third-order valence-electron chi connectivity index (χ3n) is 3.01. The van der Waals surface area contributed by atoms with Gasteiger partial charge in [0.2, 0.25) is 0 Å². The topological polar surface area (TPSA) is 47.6 Å². The molecule has 0 aromatic heterocycles. The van der Waals surface area contributed by atoms with Crippen LogP contribution in [0.5, 0.6) is 0 Å². The summed E-state index contributed by atoms with van der Waals surface area (Å²) < 4.78 is 20.5. The van der Waals surface area contributed by atoms with E-state index in [1.54, 1.807) is 6.92 Å². The van der Waals surface area contributed by atoms with E-state index in [0.29, 0.717) is 6.61 Å². The molecular weight excluding hydrogens is 261 g/mol. The third-order valence-corrected chi connectivity index (χ3v) is 3.75. The summed E-state index contributed by atoms with van der Waals surface area (Å²) >= 11 is 0. The minimum Gasteiger partial charge on any atom is -0.149 e. The molecule has 0 fully saturated rings. The fourth-order valence-corrected chi connectivity index (χ4v) is 2.37. The zero-order valence-corrected chi connectivity index (χ0v) is 13.6. The summed E-state index contributed by atoms with van der Waals surface area (Å²) in [6, 6.07) is 0. The van der Waals surface area contributed by atoms with Crippen molar-refractivity contribution in [3.05, 3.63) is 0 Å². The predicted octanol–water partition coefficient (Wildman–Crippen LogP) is 5.12. The van der Waals surface area contributed by atoms with Crippen LogP contribution in [0.4, 0.5) is 0 Å². The normalized spacial score (nSPS) is 11.8. The lowest BCUT2D eigenvalue weighted by atomic mass is 10.1. The van der Waals surface area contributed by atoms with Crippen LogP contribution >= 0.6 is 8.25 Å². The third kappa shape index (κ3) is 15.9. The maximum atomic E-state index is 11.0. The summed E-state index contributed by atoms with van der Waals surface area (Å²) in [7, 11) is -1.98. The van der Waals surface area contributed by atoms with Crippen molar-refractivity contribution in [3.8, 4) is 0 Å². The van der Waals surface area contributed by atoms with E-state index >= 15 is 0 Å². The fourth-order valence-electron chi connectivity index (χ4n) is 1.91. The summed E-state index contributed by atoms with van der Waals surface area (Å²) in [6.07, 6.45) is 13.1. The molecule has 0 aromatic carbocycles. The van der Waals surface area contributed by atoms with Crippen molar-refractivity contribution < 1.29 is 13.7 Å². The van der Waals surface area contributed by atoms with Crippen LogP contribution in [0.2, 0.25) is 0 Å². The van der Waals surface area contributed by atoms with Crippen LogP contribution in [0.25, 0.3) is 0 Å². The van der Waals surface area contributed by atoms with E-state index < -0.39 is 8.25 Å². The van der Waals surface area contributed by atoms with Gasteiger partial charge >= 0.3 is 8.25 Å². The largest absolute Gasteiger partial charge is 0.716 e. The lowest BCUT2D eigenvalue weighted by Gasteiger charge is -2.01. The summed E-state index contributed by atoms with van der Waals surface area (Å²) in [5, 5.41) is 0. The Labute approximate surface area is 119 Å². The summed E-state index contributed by atoms with van der Waals surface area (Å²) in [5.41, 5.74) is 2.69. The number of hydrogen-bond acceptors (Lipinski definition) is 4. The lowest BCUT2D eigenvalue weighted by molar-refractivity contribution is 0.158. The van der Waals surface area contributed by atoms with Gasteiger partial charge in [-0.1, -0.05) is 64.7 Å². The molecule has 0 aliphatic carbocycles. The first-order valence-electron chi connectivity index (χ1n) is 7.81. The maximum absolute atomic E-state index is 11.0. The highest BCUT2D eigenvalue weighted by atomic mass is 31.1. The van der Waals surface area contributed by atoms with Crippen molar-refractivity contribution >= 4 is 8.25 Å². The van der Waals surface area contributed by atoms with Gasteiger partial charge in [-0.05, 0) is 18.0 Å². The summed E-state index contributed by atoms with van der Waals surface area (Å²) in [5.74, 6) is 0. The maximum Gasteiger partial charge on any atom is 0.716 e. The van der Waals surface area contributed by atoms with Crippen LogP contribution in [0.1, 0.15) is 78.1 Å². The Balaban J connectivity index is 3.01. The molecule has 0 radical (unpaired) electrons. The van der Waals surface area contributed by atoms with E-state index in [0.717, 1.165) is 13.0 Å². The molecule has 1 N–H and O–H groups in total. The van der Waals surface area contributed by atoms with Gasteiger partial charge < -0.3 is 0 Å². The van der Waals surface area contributed by atoms with Crippen molar-refractivity contribution in [3.63, 3.8) is 0 Å². The van der Waals surface area contributed by atoms with Crippen LogP contribution < -0.4 is 5.48 Å². The van der Waals surface area contributed by atoms with Crippen LogP contribution in [0.15, 0.2) is 0 Å². The van der Waals surface area contributed by atoms with Crippen LogP contribution in [0, 0.1) is 0 Å². The SMILES string of the molecule is CCCCCCCCCCCCNO[P+](=O)OCC. The second kappa shape index (κ2) is 16.0. The van der Waals surface area contributed by atoms with Gasteiger partial charge in [-0.2, -0.15) is 0 Å². The van der Waals surface area contributed by atoms with Crippen molar-refractivity contribution in [2.24, 2.45) is 0 Å². The number of nitrogens with one attached hydrogen (secondary N) is 1. The molecule has 0 spiro atoms. The number of hydroxylamine groups is 1. The van der Waals surface area contributed by atoms with Gasteiger partial charge in [0.15, 0.2) is 0 Å². The molecule has 19 heavy (non-hydrogen) atoms. The van der Waals surface area contributed by atoms with E-state index in [4.69, 9.17) is 9.15 Å². The molecule has 0 bridgehead atoms. The highest BCUT2D eigenvalue weighted by molar-refractivity contribution is 7.33. The second-order valence-electron chi connectivity index (χ2n) is 4.81. The van der Waals surface area contributed by atoms with Gasteiger partial charge in [0, 0.05) is 11.1 Å². The van der Waals surface area contributed by atoms with Gasteiger partial charge in [0.05, 0.1) is 0 Å². The van der Waals surface area contributed by atoms with Crippen molar-refractivity contribution in [1.82, 2.24) is 5.48 Å². The Kier molecular flexibility index (Phi) is 16.0. The Hall–Kier alpha value is -0.0200. The predicted molar refractivity (Wildman–Crippen MR) is 80.2 cm³/mol. The zero-order valence-electron chi connectivity index (χ0n) is 12.7. The van der Waals surface area contributed by atoms with Crippen molar-refractivity contribution in [1.29, 1.82) is 0 Å². The Bertz CT molecular complexity index is 203. The number of unbranched alkanes of at least 4 members (excludes halogenated alkanes) is 9. The molecule has 114 valence electrons. The van der Waals surface area contributed by atoms with Crippen LogP contribution in [-0.2, 0) is 13.7 Å². The molecule has 0 heterocycles. The van der Waals surface area contributed by atoms with Gasteiger partial charge in [-0.3, -0.25) is 0 Å². The quantitative estimate of drug-likeness (QED) is 0.258. The summed E-state index contributed by atoms with van der Waals surface area (Å²) in [6.45, 7) is 5.20. The Morgan fingerprint density at radius 1 is 0.842 bits per heavy atom. The van der Waals surface area contributed by atoms with Crippen LogP contribution in [0.3, 0.4) is 0 Å². The molecule has 4 nitrogen and oxygen atoms in total. The molecule has 5 heteroatoms. The van der Waals surface area contributed by atoms with Gasteiger partial charge in [0.25, 0.3) is 0 Å². The highest BCUT2D eigenvalue weighted by Crippen LogP contribution is 2.20. The smallest absolute Gasteiger partial charge is 0.149 e. The highest BCUT2D eigenvalue weighted by Gasteiger charge is 2.18. The Morgan fingerprint density at radius 2 is 1.37 bits per heavy atom. The summed E-state index contributed by atoms with van der Waals surface area (Å²) in [4.78, 5) is 0. The minimum atomic E-state index is -1.98. The molecule has 0 saturated heterocycles. The Morgan fingerprint density at radius 3 is 1.89 bits per heavy atom. The van der Waals surface area contributed by atoms with E-state index in [1.165, 1.54) is 57.8 Å². The van der Waals surface area contributed by atoms with E-state index in [9.17, 15) is 4.57 Å². The zero-order chi connectivity index (χ0) is 14.2. The molecule has 1 atom stereocenters. The van der Waals surface area contributed by atoms with Crippen LogP contribution in [-0.4, -0.2) is 13.2 Å². The molecule has 0 aliphatic heterocycles. The van der Waals surface area contributed by atoms with Gasteiger partial charge in [-0.15, -0.1) is 10.0 Å². The molecule has 0 amide bonds. The molecule has 1 unspecified atom stereocenters. The monoisotopic (exact) mass is 292 g/mol. The van der Waals surface area contributed by atoms with E-state index in [2.05, 4.69) is 12.4 Å². The number of rotatable bonds is 15. The minimum absolute atomic E-state index is 0.412. The van der Waals surface area contributed by atoms with E-state index in [1.807, 2.05) is 0 Å². The lowest BCUT2D eigenvalue weighted by Crippen LogP contribution is -2.12. The average Bonchev–Trinajstić information content (AvgIpc) is 2.40. The van der Waals surface area contributed by atoms with Gasteiger partial charge in [0.1, 0.15) is 6.61 Å². The van der Waals surface area contributed by atoms with Crippen molar-refractivity contribution in [2.75, 3.05) is 13.2 Å². The molecule has 0 aromatic rings. The second-order valence-corrected chi connectivity index (χ2v) is 5.70. The molecule has 0 rings (SSSR count). The molecule has 0 aliphatic rings. The first kappa shape index (κ1) is 19.0. The average molecular weight is 292 g/mol. The first-order valence-corrected chi connectivity index (χ1v) is 8.90. The number of hydrogen-bond donors (Lipinski definition) is 1. The standard InChI is InChI=1S/C14H31NO3P/c1-3-5-6-7-8-9-10-11-12-13-14-15-18-19(16)17-4-2/h15H,3-14H2,1-2H3/q+1. The van der Waals surface area contributed by atoms with E-state index in [-0.39, 0.29) is 0 Å². The first-order chi connectivity index (χ1) is 9.31. The molecular formula is C14H31NO3P+. The fraction of sp³-hybridized carbons (Fsp3) is 1.00. The van der Waals surface area contributed by atoms with Crippen molar-refractivity contribution in [2.45, 2.75) is 78.1 Å². The molecule has 0 saturated carbocycles. The van der Waals surface area contributed by atoms with Gasteiger partial charge in [-0.25, -0.2) is 0 Å².